The second-order valence-electron chi connectivity index (χ2n) is 14.5. The average Bonchev–Trinajstić information content (AvgIpc) is 3.76. The van der Waals surface area contributed by atoms with Crippen LogP contribution in [0.4, 0.5) is 0 Å². The maximum Gasteiger partial charge on any atom is 0.235 e. The first-order chi connectivity index (χ1) is 27.0. The van der Waals surface area contributed by atoms with Gasteiger partial charge >= 0.3 is 0 Å². The first kappa shape index (κ1) is 32.6. The van der Waals surface area contributed by atoms with Gasteiger partial charge in [-0.2, -0.15) is 0 Å². The molecule has 0 aliphatic rings. The van der Waals surface area contributed by atoms with Crippen molar-refractivity contribution < 1.29 is 0 Å². The van der Waals surface area contributed by atoms with Crippen molar-refractivity contribution in [2.75, 3.05) is 0 Å². The molecule has 262 valence electrons. The second-order valence-corrected chi connectivity index (χ2v) is 14.5. The van der Waals surface area contributed by atoms with E-state index < -0.39 is 0 Å². The molecule has 0 fully saturated rings. The Kier molecular flexibility index (Phi) is 7.77. The highest BCUT2D eigenvalue weighted by atomic mass is 15.2. The van der Waals surface area contributed by atoms with Crippen LogP contribution < -0.4 is 0 Å². The molecule has 0 bridgehead atoms. The summed E-state index contributed by atoms with van der Waals surface area (Å²) in [5.74, 6) is 0.669. The molecule has 4 nitrogen and oxygen atoms in total. The number of aromatic amines is 1. The van der Waals surface area contributed by atoms with Gasteiger partial charge in [-0.15, -0.1) is 0 Å². The molecular weight excluding hydrogens is 669 g/mol. The first-order valence-electron chi connectivity index (χ1n) is 18.8. The number of aryl methyl sites for hydroxylation is 3. The number of rotatable bonds is 3. The molecule has 3 aromatic heterocycles. The molecular formula is C51H38N4. The normalized spacial score (nSPS) is 11.5. The van der Waals surface area contributed by atoms with Crippen LogP contribution in [-0.4, -0.2) is 19.5 Å². The van der Waals surface area contributed by atoms with Crippen LogP contribution in [0.3, 0.4) is 0 Å². The lowest BCUT2D eigenvalue weighted by atomic mass is 9.88. The number of nitrogens with one attached hydrogen (secondary N) is 1. The molecule has 8 aromatic carbocycles. The molecule has 0 atom stereocenters. The summed E-state index contributed by atoms with van der Waals surface area (Å²) in [5, 5.41) is 8.43. The molecule has 0 spiro atoms. The summed E-state index contributed by atoms with van der Waals surface area (Å²) in [4.78, 5) is 14.2. The summed E-state index contributed by atoms with van der Waals surface area (Å²) >= 11 is 0. The summed E-state index contributed by atoms with van der Waals surface area (Å²) in [6, 6.07) is 60.0. The Morgan fingerprint density at radius 1 is 0.473 bits per heavy atom. The number of nitrogens with zero attached hydrogens (tertiary/aromatic N) is 3. The molecule has 0 amide bonds. The molecule has 11 aromatic rings. The zero-order valence-corrected chi connectivity index (χ0v) is 31.0. The van der Waals surface area contributed by atoms with Gasteiger partial charge in [0.05, 0.1) is 22.2 Å². The van der Waals surface area contributed by atoms with Gasteiger partial charge in [0.15, 0.2) is 0 Å². The highest BCUT2D eigenvalue weighted by molar-refractivity contribution is 6.25. The Morgan fingerprint density at radius 3 is 1.93 bits per heavy atom. The van der Waals surface area contributed by atoms with Crippen molar-refractivity contribution in [3.63, 3.8) is 0 Å². The number of fused-ring (bicyclic) bond motifs is 9. The number of para-hydroxylation sites is 3. The van der Waals surface area contributed by atoms with E-state index in [2.05, 4.69) is 176 Å². The van der Waals surface area contributed by atoms with Gasteiger partial charge in [0.2, 0.25) is 5.95 Å². The van der Waals surface area contributed by atoms with E-state index in [9.17, 15) is 0 Å². The van der Waals surface area contributed by atoms with Crippen molar-refractivity contribution in [3.8, 4) is 28.3 Å². The third-order valence-corrected chi connectivity index (χ3v) is 10.9. The largest absolute Gasteiger partial charge is 0.354 e. The molecule has 4 heteroatoms. The molecule has 11 rings (SSSR count). The minimum atomic E-state index is 0.669. The molecule has 0 aliphatic carbocycles. The van der Waals surface area contributed by atoms with Crippen LogP contribution in [0.25, 0.3) is 93.6 Å². The third kappa shape index (κ3) is 5.45. The van der Waals surface area contributed by atoms with Crippen LogP contribution in [0, 0.1) is 20.8 Å². The fraction of sp³-hybridized carbons (Fsp3) is 0.0588. The van der Waals surface area contributed by atoms with Gasteiger partial charge in [0.1, 0.15) is 0 Å². The summed E-state index contributed by atoms with van der Waals surface area (Å²) in [5.41, 5.74) is 13.8. The molecule has 0 saturated carbocycles. The van der Waals surface area contributed by atoms with E-state index in [1.54, 1.807) is 0 Å². The average molecular weight is 707 g/mol. The Morgan fingerprint density at radius 2 is 1.15 bits per heavy atom. The van der Waals surface area contributed by atoms with E-state index >= 15 is 0 Å². The molecule has 0 radical (unpaired) electrons. The van der Waals surface area contributed by atoms with E-state index in [0.29, 0.717) is 5.95 Å². The van der Waals surface area contributed by atoms with Crippen molar-refractivity contribution in [2.45, 2.75) is 20.8 Å². The number of hydrogen-bond donors (Lipinski definition) is 1. The molecule has 3 heterocycles. The zero-order chi connectivity index (χ0) is 37.0. The van der Waals surface area contributed by atoms with Gasteiger partial charge in [-0.05, 0) is 90.2 Å². The summed E-state index contributed by atoms with van der Waals surface area (Å²) in [7, 11) is 0. The second kappa shape index (κ2) is 13.1. The number of benzene rings is 8. The molecule has 1 N–H and O–H groups in total. The highest BCUT2D eigenvalue weighted by Crippen LogP contribution is 2.44. The summed E-state index contributed by atoms with van der Waals surface area (Å²) in [6.07, 6.45) is 0. The monoisotopic (exact) mass is 706 g/mol. The highest BCUT2D eigenvalue weighted by Gasteiger charge is 2.22. The quantitative estimate of drug-likeness (QED) is 0.199. The zero-order valence-electron chi connectivity index (χ0n) is 31.0. The number of aromatic nitrogens is 4. The van der Waals surface area contributed by atoms with Crippen LogP contribution >= 0.6 is 0 Å². The van der Waals surface area contributed by atoms with Gasteiger partial charge in [0.25, 0.3) is 0 Å². The standard InChI is InChI=1S/C44H30N4.C7H8/c1-26-20-21-28-22-23-39-42(41(28)40(26)33-25-37-34(24-27(33)2)30-14-6-9-17-35(30)45-37)32-16-8-11-19-38(32)48(39)44-46-36-18-10-7-15-31(36)43(47-44)29-12-4-3-5-13-29;1-7-5-3-2-4-6-7/h3-25,45H,1-2H3;2-6H,1H3. The summed E-state index contributed by atoms with van der Waals surface area (Å²) in [6.45, 7) is 6.56. The maximum absolute atomic E-state index is 5.31. The van der Waals surface area contributed by atoms with Crippen LogP contribution in [0.1, 0.15) is 16.7 Å². The van der Waals surface area contributed by atoms with Crippen LogP contribution in [0.5, 0.6) is 0 Å². The van der Waals surface area contributed by atoms with Crippen molar-refractivity contribution in [1.82, 2.24) is 19.5 Å². The van der Waals surface area contributed by atoms with Gasteiger partial charge in [-0.25, -0.2) is 9.97 Å². The molecule has 0 saturated heterocycles. The Labute approximate surface area is 319 Å². The van der Waals surface area contributed by atoms with E-state index in [1.807, 2.05) is 24.3 Å². The minimum Gasteiger partial charge on any atom is -0.354 e. The van der Waals surface area contributed by atoms with Crippen LogP contribution in [0.2, 0.25) is 0 Å². The van der Waals surface area contributed by atoms with Crippen molar-refractivity contribution in [3.05, 3.63) is 187 Å². The number of hydrogen-bond acceptors (Lipinski definition) is 2. The SMILES string of the molecule is Cc1cc2c(cc1-c1c(C)ccc3ccc4c(c5ccccc5n4-c4nc(-c5ccccc5)c5ccccc5n4)c13)[nH]c1ccccc12.Cc1ccccc1. The number of H-pyrrole nitrogens is 1. The Bertz CT molecular complexity index is 3230. The molecule has 55 heavy (non-hydrogen) atoms. The van der Waals surface area contributed by atoms with Crippen molar-refractivity contribution in [1.29, 1.82) is 0 Å². The van der Waals surface area contributed by atoms with Crippen molar-refractivity contribution in [2.24, 2.45) is 0 Å². The molecule has 0 unspecified atom stereocenters. The van der Waals surface area contributed by atoms with E-state index in [0.717, 1.165) is 44.2 Å². The lowest BCUT2D eigenvalue weighted by Gasteiger charge is -2.16. The van der Waals surface area contributed by atoms with Gasteiger partial charge in [0, 0.05) is 43.5 Å². The lowest BCUT2D eigenvalue weighted by Crippen LogP contribution is -2.03. The van der Waals surface area contributed by atoms with E-state index in [4.69, 9.17) is 9.97 Å². The van der Waals surface area contributed by atoms with E-state index in [1.165, 1.54) is 60.1 Å². The van der Waals surface area contributed by atoms with Gasteiger partial charge in [-0.3, -0.25) is 4.57 Å². The predicted molar refractivity (Wildman–Crippen MR) is 232 cm³/mol. The van der Waals surface area contributed by atoms with Gasteiger partial charge in [-0.1, -0.05) is 139 Å². The Hall–Kier alpha value is -7.04. The fourth-order valence-electron chi connectivity index (χ4n) is 8.33. The smallest absolute Gasteiger partial charge is 0.235 e. The fourth-order valence-corrected chi connectivity index (χ4v) is 8.33. The maximum atomic E-state index is 5.31. The predicted octanol–water partition coefficient (Wildman–Crippen LogP) is 13.5. The van der Waals surface area contributed by atoms with E-state index in [-0.39, 0.29) is 0 Å². The van der Waals surface area contributed by atoms with Crippen LogP contribution in [0.15, 0.2) is 170 Å². The Balaban J connectivity index is 0.000000482. The summed E-state index contributed by atoms with van der Waals surface area (Å²) < 4.78 is 2.25. The van der Waals surface area contributed by atoms with Crippen molar-refractivity contribution >= 4 is 65.3 Å². The van der Waals surface area contributed by atoms with Gasteiger partial charge < -0.3 is 4.98 Å². The third-order valence-electron chi connectivity index (χ3n) is 10.9. The van der Waals surface area contributed by atoms with Crippen LogP contribution in [-0.2, 0) is 0 Å². The lowest BCUT2D eigenvalue weighted by molar-refractivity contribution is 1.01. The topological polar surface area (TPSA) is 46.5 Å². The first-order valence-corrected chi connectivity index (χ1v) is 18.8. The minimum absolute atomic E-state index is 0.669. The molecule has 0 aliphatic heterocycles.